The van der Waals surface area contributed by atoms with Crippen molar-refractivity contribution in [3.8, 4) is 0 Å². The Balaban J connectivity index is 2.17. The number of ether oxygens (including phenoxy) is 2. The number of hydrogen-bond acceptors (Lipinski definition) is 5. The van der Waals surface area contributed by atoms with Crippen LogP contribution in [0.2, 0.25) is 5.02 Å². The van der Waals surface area contributed by atoms with Crippen LogP contribution in [-0.2, 0) is 25.5 Å². The third-order valence-corrected chi connectivity index (χ3v) is 3.69. The number of carbonyl (C=O) groups is 2. The lowest BCUT2D eigenvalue weighted by molar-refractivity contribution is -0.168. The molecule has 1 unspecified atom stereocenters. The summed E-state index contributed by atoms with van der Waals surface area (Å²) in [6.07, 6.45) is 0.837. The molecule has 7 heteroatoms. The fourth-order valence-corrected chi connectivity index (χ4v) is 2.74. The van der Waals surface area contributed by atoms with E-state index in [1.54, 1.807) is 18.2 Å². The number of methoxy groups -OCH3 is 1. The molecule has 0 fully saturated rings. The minimum atomic E-state index is -1.29. The molecule has 104 valence electrons. The molecule has 0 N–H and O–H groups in total. The van der Waals surface area contributed by atoms with E-state index in [0.29, 0.717) is 23.6 Å². The highest BCUT2D eigenvalue weighted by Crippen LogP contribution is 2.38. The first kappa shape index (κ1) is 13.1. The van der Waals surface area contributed by atoms with Crippen LogP contribution >= 0.6 is 11.6 Å². The minimum Gasteiger partial charge on any atom is -0.467 e. The van der Waals surface area contributed by atoms with Crippen molar-refractivity contribution in [1.29, 1.82) is 0 Å². The molecular formula is C13H11ClN2O4. The number of fused-ring (bicyclic) bond motifs is 3. The van der Waals surface area contributed by atoms with Crippen LogP contribution in [0.25, 0.3) is 0 Å². The van der Waals surface area contributed by atoms with Crippen molar-refractivity contribution in [3.05, 3.63) is 34.3 Å². The Kier molecular flexibility index (Phi) is 2.99. The zero-order chi connectivity index (χ0) is 14.3. The van der Waals surface area contributed by atoms with Crippen LogP contribution in [0.5, 0.6) is 0 Å². The lowest BCUT2D eigenvalue weighted by atomic mass is 9.97. The molecule has 1 heterocycles. The van der Waals surface area contributed by atoms with E-state index < -0.39 is 11.6 Å². The van der Waals surface area contributed by atoms with E-state index >= 15 is 0 Å². The molecule has 1 amide bonds. The Hall–Kier alpha value is -1.92. The van der Waals surface area contributed by atoms with Crippen LogP contribution in [0.4, 0.5) is 0 Å². The van der Waals surface area contributed by atoms with Gasteiger partial charge in [0.15, 0.2) is 0 Å². The summed E-state index contributed by atoms with van der Waals surface area (Å²) in [5.41, 5.74) is 0.677. The molecule has 1 aromatic carbocycles. The van der Waals surface area contributed by atoms with Crippen molar-refractivity contribution in [2.75, 3.05) is 13.8 Å². The highest BCUT2D eigenvalue weighted by molar-refractivity contribution is 6.31. The summed E-state index contributed by atoms with van der Waals surface area (Å²) in [5.74, 6) is -0.533. The summed E-state index contributed by atoms with van der Waals surface area (Å²) < 4.78 is 10.5. The summed E-state index contributed by atoms with van der Waals surface area (Å²) in [4.78, 5) is 23.0. The van der Waals surface area contributed by atoms with Gasteiger partial charge in [0, 0.05) is 17.0 Å². The molecule has 1 atom stereocenters. The molecule has 3 rings (SSSR count). The standard InChI is InChI=1S/C13H11ClN2O4/c1-19-12(18)13-5-8-4-9(14)2-3-10(8)11(13)15-16(6-17)7-20-13/h2-4,6H,5,7H2,1H3. The maximum atomic E-state index is 12.2. The average Bonchev–Trinajstić information content (AvgIpc) is 2.79. The first-order chi connectivity index (χ1) is 9.60. The van der Waals surface area contributed by atoms with Crippen molar-refractivity contribution < 1.29 is 19.1 Å². The van der Waals surface area contributed by atoms with E-state index in [4.69, 9.17) is 21.1 Å². The maximum absolute atomic E-state index is 12.2. The minimum absolute atomic E-state index is 0.0934. The van der Waals surface area contributed by atoms with Gasteiger partial charge in [-0.1, -0.05) is 17.7 Å². The van der Waals surface area contributed by atoms with Gasteiger partial charge in [-0.05, 0) is 17.7 Å². The highest BCUT2D eigenvalue weighted by Gasteiger charge is 2.54. The zero-order valence-corrected chi connectivity index (χ0v) is 11.4. The van der Waals surface area contributed by atoms with Crippen molar-refractivity contribution in [1.82, 2.24) is 5.01 Å². The summed E-state index contributed by atoms with van der Waals surface area (Å²) in [7, 11) is 1.29. The largest absolute Gasteiger partial charge is 0.467 e. The average molecular weight is 295 g/mol. The highest BCUT2D eigenvalue weighted by atomic mass is 35.5. The lowest BCUT2D eigenvalue weighted by Crippen LogP contribution is -2.53. The summed E-state index contributed by atoms with van der Waals surface area (Å²) in [6.45, 7) is -0.0934. The summed E-state index contributed by atoms with van der Waals surface area (Å²) in [5, 5.41) is 5.85. The van der Waals surface area contributed by atoms with E-state index in [0.717, 1.165) is 16.1 Å². The molecule has 1 aromatic rings. The molecule has 0 saturated carbocycles. The van der Waals surface area contributed by atoms with Gasteiger partial charge in [-0.25, -0.2) is 9.80 Å². The second-order valence-electron chi connectivity index (χ2n) is 4.56. The number of nitrogens with zero attached hydrogens (tertiary/aromatic N) is 2. The predicted octanol–water partition coefficient (Wildman–Crippen LogP) is 0.958. The van der Waals surface area contributed by atoms with Gasteiger partial charge in [0.2, 0.25) is 12.0 Å². The van der Waals surface area contributed by atoms with E-state index in [1.165, 1.54) is 7.11 Å². The Morgan fingerprint density at radius 2 is 2.40 bits per heavy atom. The molecule has 1 aliphatic carbocycles. The molecule has 0 bridgehead atoms. The third kappa shape index (κ3) is 1.72. The van der Waals surface area contributed by atoms with E-state index in [9.17, 15) is 9.59 Å². The smallest absolute Gasteiger partial charge is 0.345 e. The number of benzene rings is 1. The van der Waals surface area contributed by atoms with Crippen LogP contribution < -0.4 is 0 Å². The first-order valence-electron chi connectivity index (χ1n) is 5.93. The van der Waals surface area contributed by atoms with E-state index in [-0.39, 0.29) is 6.73 Å². The molecule has 20 heavy (non-hydrogen) atoms. The normalized spacial score (nSPS) is 23.7. The quantitative estimate of drug-likeness (QED) is 0.602. The van der Waals surface area contributed by atoms with Crippen LogP contribution in [0.1, 0.15) is 11.1 Å². The first-order valence-corrected chi connectivity index (χ1v) is 6.31. The number of hydrogen-bond donors (Lipinski definition) is 0. The van der Waals surface area contributed by atoms with Gasteiger partial charge in [0.25, 0.3) is 0 Å². The molecule has 1 aliphatic heterocycles. The zero-order valence-electron chi connectivity index (χ0n) is 10.6. The van der Waals surface area contributed by atoms with Gasteiger partial charge in [-0.15, -0.1) is 0 Å². The van der Waals surface area contributed by atoms with Crippen molar-refractivity contribution >= 4 is 29.7 Å². The molecular weight excluding hydrogens is 284 g/mol. The van der Waals surface area contributed by atoms with Crippen LogP contribution in [-0.4, -0.2) is 42.5 Å². The van der Waals surface area contributed by atoms with Crippen LogP contribution in [0.15, 0.2) is 23.3 Å². The Bertz CT molecular complexity index is 631. The van der Waals surface area contributed by atoms with E-state index in [2.05, 4.69) is 5.10 Å². The monoisotopic (exact) mass is 294 g/mol. The second-order valence-corrected chi connectivity index (χ2v) is 5.00. The number of esters is 1. The summed E-state index contributed by atoms with van der Waals surface area (Å²) >= 11 is 5.97. The van der Waals surface area contributed by atoms with Gasteiger partial charge in [0.1, 0.15) is 12.4 Å². The fraction of sp³-hybridized carbons (Fsp3) is 0.308. The van der Waals surface area contributed by atoms with Gasteiger partial charge in [0.05, 0.1) is 7.11 Å². The lowest BCUT2D eigenvalue weighted by Gasteiger charge is -2.32. The molecule has 0 radical (unpaired) electrons. The van der Waals surface area contributed by atoms with Gasteiger partial charge in [-0.3, -0.25) is 4.79 Å². The predicted molar refractivity (Wildman–Crippen MR) is 70.3 cm³/mol. The topological polar surface area (TPSA) is 68.2 Å². The Morgan fingerprint density at radius 1 is 1.60 bits per heavy atom. The van der Waals surface area contributed by atoms with E-state index in [1.807, 2.05) is 0 Å². The van der Waals surface area contributed by atoms with Crippen molar-refractivity contribution in [2.45, 2.75) is 12.0 Å². The van der Waals surface area contributed by atoms with Crippen LogP contribution in [0, 0.1) is 0 Å². The molecule has 0 spiro atoms. The third-order valence-electron chi connectivity index (χ3n) is 3.45. The Labute approximate surface area is 119 Å². The number of halogens is 1. The van der Waals surface area contributed by atoms with Gasteiger partial charge < -0.3 is 9.47 Å². The number of hydrazone groups is 1. The summed E-state index contributed by atoms with van der Waals surface area (Å²) in [6, 6.07) is 5.23. The number of carbonyl (C=O) groups excluding carboxylic acids is 2. The van der Waals surface area contributed by atoms with Crippen molar-refractivity contribution in [2.24, 2.45) is 5.10 Å². The maximum Gasteiger partial charge on any atom is 0.345 e. The van der Waals surface area contributed by atoms with Crippen LogP contribution in [0.3, 0.4) is 0 Å². The molecule has 0 aromatic heterocycles. The molecule has 0 saturated heterocycles. The van der Waals surface area contributed by atoms with Gasteiger partial charge >= 0.3 is 5.97 Å². The van der Waals surface area contributed by atoms with Crippen molar-refractivity contribution in [3.63, 3.8) is 0 Å². The second kappa shape index (κ2) is 4.57. The van der Waals surface area contributed by atoms with Gasteiger partial charge in [-0.2, -0.15) is 5.10 Å². The fourth-order valence-electron chi connectivity index (χ4n) is 2.54. The number of rotatable bonds is 2. The Morgan fingerprint density at radius 3 is 3.10 bits per heavy atom. The number of amides is 1. The molecule has 6 nitrogen and oxygen atoms in total. The SMILES string of the molecule is COC(=O)C12Cc3cc(Cl)ccc3C1=NN(C=O)CO2. The molecule has 2 aliphatic rings.